The smallest absolute Gasteiger partial charge is 0.220 e. The second kappa shape index (κ2) is 16.0. The van der Waals surface area contributed by atoms with Crippen LogP contribution in [-0.2, 0) is 16.0 Å². The van der Waals surface area contributed by atoms with Crippen molar-refractivity contribution in [1.29, 1.82) is 5.26 Å². The van der Waals surface area contributed by atoms with Gasteiger partial charge in [0.25, 0.3) is 0 Å². The van der Waals surface area contributed by atoms with E-state index in [1.807, 2.05) is 33.0 Å². The summed E-state index contributed by atoms with van der Waals surface area (Å²) in [6.07, 6.45) is 2.18. The normalized spacial score (nSPS) is 9.47. The molecule has 0 saturated carbocycles. The van der Waals surface area contributed by atoms with Gasteiger partial charge in [-0.2, -0.15) is 5.26 Å². The lowest BCUT2D eigenvalue weighted by Crippen LogP contribution is -2.27. The number of halogens is 1. The molecular formula is C23H30ClN3O3. The van der Waals surface area contributed by atoms with Crippen molar-refractivity contribution in [3.05, 3.63) is 64.2 Å². The van der Waals surface area contributed by atoms with E-state index in [1.165, 1.54) is 0 Å². The molecule has 0 atom stereocenters. The average molecular weight is 432 g/mol. The summed E-state index contributed by atoms with van der Waals surface area (Å²) in [5.74, 6) is 0.266. The average Bonchev–Trinajstić information content (AvgIpc) is 2.75. The maximum Gasteiger partial charge on any atom is 0.220 e. The lowest BCUT2D eigenvalue weighted by atomic mass is 10.1. The number of carbonyl (C=O) groups excluding carboxylic acids is 2. The summed E-state index contributed by atoms with van der Waals surface area (Å²) in [7, 11) is 4.04. The largest absolute Gasteiger partial charge is 0.506 e. The molecular weight excluding hydrogens is 402 g/mol. The van der Waals surface area contributed by atoms with Gasteiger partial charge in [0.2, 0.25) is 5.91 Å². The van der Waals surface area contributed by atoms with Crippen LogP contribution in [-0.4, -0.2) is 49.9 Å². The highest BCUT2D eigenvalue weighted by atomic mass is 35.5. The minimum atomic E-state index is 0.0862. The SMILES string of the molecule is C=O.CN(C)CCCNC(=O)CCc1ccc(C#N)cc1.Cc1cccc(Cl)c1O. The van der Waals surface area contributed by atoms with Crippen molar-refractivity contribution in [2.24, 2.45) is 0 Å². The van der Waals surface area contributed by atoms with Crippen molar-refractivity contribution in [2.45, 2.75) is 26.2 Å². The summed E-state index contributed by atoms with van der Waals surface area (Å²) in [5, 5.41) is 21.1. The van der Waals surface area contributed by atoms with Gasteiger partial charge in [-0.15, -0.1) is 0 Å². The van der Waals surface area contributed by atoms with Crippen molar-refractivity contribution < 1.29 is 14.7 Å². The maximum absolute atomic E-state index is 11.6. The van der Waals surface area contributed by atoms with Crippen LogP contribution >= 0.6 is 11.6 Å². The number of nitrogens with zero attached hydrogens (tertiary/aromatic N) is 2. The molecule has 1 amide bonds. The molecule has 0 aliphatic carbocycles. The number of hydrogen-bond acceptors (Lipinski definition) is 5. The molecule has 0 unspecified atom stereocenters. The Morgan fingerprint density at radius 1 is 1.20 bits per heavy atom. The molecule has 0 heterocycles. The number of nitrogens with one attached hydrogen (secondary N) is 1. The van der Waals surface area contributed by atoms with Crippen LogP contribution in [0.1, 0.15) is 29.5 Å². The lowest BCUT2D eigenvalue weighted by molar-refractivity contribution is -0.121. The predicted molar refractivity (Wildman–Crippen MR) is 121 cm³/mol. The van der Waals surface area contributed by atoms with Gasteiger partial charge >= 0.3 is 0 Å². The molecule has 2 aromatic carbocycles. The molecule has 0 aliphatic rings. The summed E-state index contributed by atoms with van der Waals surface area (Å²) in [6, 6.07) is 14.7. The van der Waals surface area contributed by atoms with Gasteiger partial charge in [-0.3, -0.25) is 4.79 Å². The minimum Gasteiger partial charge on any atom is -0.506 e. The van der Waals surface area contributed by atoms with Crippen LogP contribution in [0.25, 0.3) is 0 Å². The van der Waals surface area contributed by atoms with Crippen molar-refractivity contribution in [1.82, 2.24) is 10.2 Å². The molecule has 0 bridgehead atoms. The summed E-state index contributed by atoms with van der Waals surface area (Å²) in [6.45, 7) is 5.52. The van der Waals surface area contributed by atoms with Gasteiger partial charge in [-0.25, -0.2) is 0 Å². The van der Waals surface area contributed by atoms with Gasteiger partial charge in [-0.05, 0) is 69.7 Å². The van der Waals surface area contributed by atoms with Crippen LogP contribution in [0.4, 0.5) is 0 Å². The van der Waals surface area contributed by atoms with E-state index in [4.69, 9.17) is 26.8 Å². The molecule has 6 nitrogen and oxygen atoms in total. The molecule has 2 N–H and O–H groups in total. The number of carbonyl (C=O) groups is 2. The minimum absolute atomic E-state index is 0.0862. The Labute approximate surface area is 184 Å². The third-order valence-electron chi connectivity index (χ3n) is 4.02. The second-order valence-electron chi connectivity index (χ2n) is 6.72. The molecule has 0 radical (unpaired) electrons. The van der Waals surface area contributed by atoms with E-state index in [0.717, 1.165) is 30.6 Å². The third-order valence-corrected chi connectivity index (χ3v) is 4.32. The number of nitriles is 1. The summed E-state index contributed by atoms with van der Waals surface area (Å²) >= 11 is 5.56. The van der Waals surface area contributed by atoms with Gasteiger partial charge in [0.05, 0.1) is 16.7 Å². The Morgan fingerprint density at radius 3 is 2.33 bits per heavy atom. The van der Waals surface area contributed by atoms with E-state index in [9.17, 15) is 4.79 Å². The third kappa shape index (κ3) is 11.8. The molecule has 0 spiro atoms. The Hall–Kier alpha value is -2.88. The van der Waals surface area contributed by atoms with Crippen LogP contribution < -0.4 is 5.32 Å². The summed E-state index contributed by atoms with van der Waals surface area (Å²) < 4.78 is 0. The van der Waals surface area contributed by atoms with Crippen molar-refractivity contribution in [3.8, 4) is 11.8 Å². The first kappa shape index (κ1) is 27.1. The number of aromatic hydroxyl groups is 1. The van der Waals surface area contributed by atoms with Gasteiger partial charge in [0.15, 0.2) is 0 Å². The monoisotopic (exact) mass is 431 g/mol. The number of amides is 1. The highest BCUT2D eigenvalue weighted by molar-refractivity contribution is 6.32. The van der Waals surface area contributed by atoms with Crippen molar-refractivity contribution >= 4 is 24.3 Å². The van der Waals surface area contributed by atoms with Gasteiger partial charge < -0.3 is 20.1 Å². The van der Waals surface area contributed by atoms with Crippen LogP contribution in [0.3, 0.4) is 0 Å². The molecule has 0 fully saturated rings. The quantitative estimate of drug-likeness (QED) is 0.651. The van der Waals surface area contributed by atoms with Gasteiger partial charge in [-0.1, -0.05) is 35.9 Å². The molecule has 162 valence electrons. The zero-order valence-corrected chi connectivity index (χ0v) is 18.6. The van der Waals surface area contributed by atoms with E-state index in [-0.39, 0.29) is 11.7 Å². The molecule has 0 aromatic heterocycles. The highest BCUT2D eigenvalue weighted by Gasteiger charge is 2.02. The fraction of sp³-hybridized carbons (Fsp3) is 0.348. The number of phenolic OH excluding ortho intramolecular Hbond substituents is 1. The second-order valence-corrected chi connectivity index (χ2v) is 7.13. The van der Waals surface area contributed by atoms with Crippen molar-refractivity contribution in [3.63, 3.8) is 0 Å². The summed E-state index contributed by atoms with van der Waals surface area (Å²) in [5.41, 5.74) is 2.54. The molecule has 2 aromatic rings. The van der Waals surface area contributed by atoms with Crippen LogP contribution in [0, 0.1) is 18.3 Å². The first-order valence-electron chi connectivity index (χ1n) is 9.47. The zero-order chi connectivity index (χ0) is 22.9. The van der Waals surface area contributed by atoms with Crippen LogP contribution in [0.15, 0.2) is 42.5 Å². The van der Waals surface area contributed by atoms with E-state index < -0.39 is 0 Å². The van der Waals surface area contributed by atoms with E-state index in [0.29, 0.717) is 23.4 Å². The molecule has 2 rings (SSSR count). The number of hydrogen-bond donors (Lipinski definition) is 2. The zero-order valence-electron chi connectivity index (χ0n) is 17.8. The predicted octanol–water partition coefficient (Wildman–Crippen LogP) is 3.73. The Balaban J connectivity index is 0.000000636. The van der Waals surface area contributed by atoms with Crippen molar-refractivity contribution in [2.75, 3.05) is 27.2 Å². The fourth-order valence-electron chi connectivity index (χ4n) is 2.34. The van der Waals surface area contributed by atoms with Crippen LogP contribution in [0.2, 0.25) is 5.02 Å². The van der Waals surface area contributed by atoms with Gasteiger partial charge in [0.1, 0.15) is 12.5 Å². The first-order chi connectivity index (χ1) is 14.3. The van der Waals surface area contributed by atoms with E-state index >= 15 is 0 Å². The first-order valence-corrected chi connectivity index (χ1v) is 9.84. The Kier molecular flexibility index (Phi) is 14.4. The molecule has 30 heavy (non-hydrogen) atoms. The number of para-hydroxylation sites is 1. The molecule has 0 saturated heterocycles. The van der Waals surface area contributed by atoms with E-state index in [2.05, 4.69) is 16.3 Å². The summed E-state index contributed by atoms with van der Waals surface area (Å²) in [4.78, 5) is 21.7. The van der Waals surface area contributed by atoms with Gasteiger partial charge in [0, 0.05) is 13.0 Å². The van der Waals surface area contributed by atoms with Crippen LogP contribution in [0.5, 0.6) is 5.75 Å². The molecule has 7 heteroatoms. The number of rotatable bonds is 7. The standard InChI is InChI=1S/C15H21N3O.C7H7ClO.CH2O/c1-18(2)11-3-10-17-15(19)9-8-13-4-6-14(12-16)7-5-13;1-5-3-2-4-6(8)7(5)9;1-2/h4-7H,3,8-11H2,1-2H3,(H,17,19);2-4,9H,1H3;1H2. The maximum atomic E-state index is 11.6. The lowest BCUT2D eigenvalue weighted by Gasteiger charge is -2.09. The Bertz CT molecular complexity index is 782. The van der Waals surface area contributed by atoms with E-state index in [1.54, 1.807) is 37.3 Å². The topological polar surface area (TPSA) is 93.4 Å². The fourth-order valence-corrected chi connectivity index (χ4v) is 2.56. The number of aryl methyl sites for hydroxylation is 2. The molecule has 0 aliphatic heterocycles. The highest BCUT2D eigenvalue weighted by Crippen LogP contribution is 2.25. The number of benzene rings is 2. The number of phenols is 1. The Morgan fingerprint density at radius 2 is 1.83 bits per heavy atom.